The molecule has 13 heavy (non-hydrogen) atoms. The van der Waals surface area contributed by atoms with E-state index >= 15 is 0 Å². The summed E-state index contributed by atoms with van der Waals surface area (Å²) in [4.78, 5) is 11.0. The summed E-state index contributed by atoms with van der Waals surface area (Å²) >= 11 is 7.00. The third-order valence-corrected chi connectivity index (χ3v) is 3.01. The lowest BCUT2D eigenvalue weighted by Crippen LogP contribution is -1.89. The van der Waals surface area contributed by atoms with Gasteiger partial charge in [-0.1, -0.05) is 17.7 Å². The largest absolute Gasteiger partial charge is 0.477 e. The molecule has 0 spiro atoms. The van der Waals surface area contributed by atoms with E-state index < -0.39 is 5.97 Å². The summed E-state index contributed by atoms with van der Waals surface area (Å²) in [6.45, 7) is 0. The van der Waals surface area contributed by atoms with Gasteiger partial charge in [0.1, 0.15) is 4.88 Å². The van der Waals surface area contributed by atoms with Crippen LogP contribution in [0.4, 0.5) is 0 Å². The number of hydrogen-bond acceptors (Lipinski definition) is 2. The minimum atomic E-state index is -0.891. The number of benzene rings is 1. The number of carboxylic acid groups (broad SMARTS) is 1. The zero-order chi connectivity index (χ0) is 9.42. The zero-order valence-electron chi connectivity index (χ0n) is 6.45. The van der Waals surface area contributed by atoms with Crippen molar-refractivity contribution in [2.75, 3.05) is 0 Å². The lowest BCUT2D eigenvalue weighted by atomic mass is 10.2. The van der Waals surface area contributed by atoms with E-state index in [1.54, 1.807) is 18.2 Å². The zero-order valence-corrected chi connectivity index (χ0v) is 8.02. The van der Waals surface area contributed by atoms with E-state index in [4.69, 9.17) is 16.7 Å². The van der Waals surface area contributed by atoms with Gasteiger partial charge in [0.15, 0.2) is 0 Å². The predicted octanol–water partition coefficient (Wildman–Crippen LogP) is 3.25. The lowest BCUT2D eigenvalue weighted by Gasteiger charge is -1.87. The Balaban J connectivity index is 2.68. The second-order valence-corrected chi connectivity index (χ2v) is 4.12. The number of rotatable bonds is 1. The highest BCUT2D eigenvalue weighted by Gasteiger charge is 2.07. The first-order chi connectivity index (χ1) is 6.16. The summed E-state index contributed by atoms with van der Waals surface area (Å²) in [5.74, 6) is -0.891. The normalized spacial score (nSPS) is 10.5. The highest BCUT2D eigenvalue weighted by Crippen LogP contribution is 2.27. The van der Waals surface area contributed by atoms with Gasteiger partial charge in [-0.3, -0.25) is 0 Å². The van der Waals surface area contributed by atoms with Gasteiger partial charge in [-0.2, -0.15) is 0 Å². The fraction of sp³-hybridized carbons (Fsp3) is 0. The van der Waals surface area contributed by atoms with Gasteiger partial charge in [0.25, 0.3) is 0 Å². The molecule has 0 saturated heterocycles. The topological polar surface area (TPSA) is 37.3 Å². The number of aromatic carboxylic acids is 1. The maximum atomic E-state index is 10.6. The van der Waals surface area contributed by atoms with Gasteiger partial charge in [0.2, 0.25) is 0 Å². The predicted molar refractivity (Wildman–Crippen MR) is 53.8 cm³/mol. The molecule has 1 N–H and O–H groups in total. The van der Waals surface area contributed by atoms with Crippen LogP contribution in [0.25, 0.3) is 10.1 Å². The molecule has 0 aliphatic rings. The molecule has 4 heteroatoms. The molecule has 0 bridgehead atoms. The van der Waals surface area contributed by atoms with E-state index in [1.165, 1.54) is 11.3 Å². The molecule has 1 heterocycles. The van der Waals surface area contributed by atoms with Crippen LogP contribution in [0, 0.1) is 0 Å². The fourth-order valence-electron chi connectivity index (χ4n) is 1.11. The first-order valence-electron chi connectivity index (χ1n) is 3.59. The SMILES string of the molecule is O=C(O)c1cc2ccc(Cl)cc2s1. The summed E-state index contributed by atoms with van der Waals surface area (Å²) in [5, 5.41) is 10.3. The first-order valence-corrected chi connectivity index (χ1v) is 4.78. The summed E-state index contributed by atoms with van der Waals surface area (Å²) in [7, 11) is 0. The van der Waals surface area contributed by atoms with Gasteiger partial charge in [-0.05, 0) is 23.6 Å². The maximum absolute atomic E-state index is 10.6. The minimum absolute atomic E-state index is 0.345. The molecule has 0 unspecified atom stereocenters. The van der Waals surface area contributed by atoms with Gasteiger partial charge in [-0.15, -0.1) is 11.3 Å². The Hall–Kier alpha value is -1.06. The van der Waals surface area contributed by atoms with Gasteiger partial charge in [0, 0.05) is 9.72 Å². The van der Waals surface area contributed by atoms with Crippen molar-refractivity contribution < 1.29 is 9.90 Å². The van der Waals surface area contributed by atoms with Crippen LogP contribution in [0.2, 0.25) is 5.02 Å². The second-order valence-electron chi connectivity index (χ2n) is 2.60. The number of halogens is 1. The van der Waals surface area contributed by atoms with Crippen LogP contribution in [-0.4, -0.2) is 11.1 Å². The van der Waals surface area contributed by atoms with Crippen molar-refractivity contribution in [1.82, 2.24) is 0 Å². The second kappa shape index (κ2) is 3.01. The molecule has 0 aliphatic heterocycles. The molecular formula is C9H5ClO2S. The molecule has 0 saturated carbocycles. The Morgan fingerprint density at radius 1 is 1.38 bits per heavy atom. The average Bonchev–Trinajstić information content (AvgIpc) is 2.46. The van der Waals surface area contributed by atoms with E-state index in [1.807, 2.05) is 6.07 Å². The average molecular weight is 213 g/mol. The van der Waals surface area contributed by atoms with Crippen molar-refractivity contribution in [3.8, 4) is 0 Å². The summed E-state index contributed by atoms with van der Waals surface area (Å²) in [6.07, 6.45) is 0. The van der Waals surface area contributed by atoms with Crippen LogP contribution >= 0.6 is 22.9 Å². The lowest BCUT2D eigenvalue weighted by molar-refractivity contribution is 0.0702. The van der Waals surface area contributed by atoms with E-state index in [0.717, 1.165) is 10.1 Å². The van der Waals surface area contributed by atoms with E-state index in [9.17, 15) is 4.79 Å². The molecule has 0 fully saturated rings. The van der Waals surface area contributed by atoms with Gasteiger partial charge >= 0.3 is 5.97 Å². The number of carboxylic acids is 1. The van der Waals surface area contributed by atoms with Crippen molar-refractivity contribution in [2.24, 2.45) is 0 Å². The summed E-state index contributed by atoms with van der Waals surface area (Å²) < 4.78 is 0.907. The number of thiophene rings is 1. The van der Waals surface area contributed by atoms with Gasteiger partial charge in [0.05, 0.1) is 0 Å². The third-order valence-electron chi connectivity index (χ3n) is 1.69. The Labute approximate surface area is 83.4 Å². The Morgan fingerprint density at radius 3 is 2.85 bits per heavy atom. The van der Waals surface area contributed by atoms with Crippen LogP contribution in [0.5, 0.6) is 0 Å². The highest BCUT2D eigenvalue weighted by molar-refractivity contribution is 7.20. The molecule has 66 valence electrons. The standard InChI is InChI=1S/C9H5ClO2S/c10-6-2-1-5-3-8(9(11)12)13-7(5)4-6/h1-4H,(H,11,12). The molecule has 0 atom stereocenters. The molecule has 0 amide bonds. The maximum Gasteiger partial charge on any atom is 0.345 e. The van der Waals surface area contributed by atoms with Crippen molar-refractivity contribution in [2.45, 2.75) is 0 Å². The molecule has 2 rings (SSSR count). The van der Waals surface area contributed by atoms with Crippen LogP contribution in [-0.2, 0) is 0 Å². The summed E-state index contributed by atoms with van der Waals surface area (Å²) in [6, 6.07) is 7.00. The summed E-state index contributed by atoms with van der Waals surface area (Å²) in [5.41, 5.74) is 0. The van der Waals surface area contributed by atoms with Crippen molar-refractivity contribution >= 4 is 39.0 Å². The molecule has 2 aromatic rings. The Kier molecular flexibility index (Phi) is 1.98. The van der Waals surface area contributed by atoms with Gasteiger partial charge < -0.3 is 5.11 Å². The van der Waals surface area contributed by atoms with Crippen LogP contribution in [0.15, 0.2) is 24.3 Å². The van der Waals surface area contributed by atoms with Crippen molar-refractivity contribution in [3.05, 3.63) is 34.2 Å². The highest BCUT2D eigenvalue weighted by atomic mass is 35.5. The molecule has 1 aromatic heterocycles. The Morgan fingerprint density at radius 2 is 2.15 bits per heavy atom. The number of hydrogen-bond donors (Lipinski definition) is 1. The van der Waals surface area contributed by atoms with E-state index in [2.05, 4.69) is 0 Å². The molecule has 0 aliphatic carbocycles. The molecule has 2 nitrogen and oxygen atoms in total. The monoisotopic (exact) mass is 212 g/mol. The van der Waals surface area contributed by atoms with E-state index in [-0.39, 0.29) is 0 Å². The minimum Gasteiger partial charge on any atom is -0.477 e. The number of fused-ring (bicyclic) bond motifs is 1. The third kappa shape index (κ3) is 1.53. The van der Waals surface area contributed by atoms with E-state index in [0.29, 0.717) is 9.90 Å². The molecule has 0 radical (unpaired) electrons. The van der Waals surface area contributed by atoms with Crippen molar-refractivity contribution in [3.63, 3.8) is 0 Å². The fourth-order valence-corrected chi connectivity index (χ4v) is 2.29. The first kappa shape index (κ1) is 8.53. The smallest absolute Gasteiger partial charge is 0.345 e. The number of carbonyl (C=O) groups is 1. The molecule has 1 aromatic carbocycles. The molecular weight excluding hydrogens is 208 g/mol. The van der Waals surface area contributed by atoms with Crippen LogP contribution in [0.1, 0.15) is 9.67 Å². The van der Waals surface area contributed by atoms with Crippen LogP contribution < -0.4 is 0 Å². The van der Waals surface area contributed by atoms with Gasteiger partial charge in [-0.25, -0.2) is 4.79 Å². The quantitative estimate of drug-likeness (QED) is 0.788. The van der Waals surface area contributed by atoms with Crippen molar-refractivity contribution in [1.29, 1.82) is 0 Å². The Bertz CT molecular complexity index is 475. The van der Waals surface area contributed by atoms with Crippen LogP contribution in [0.3, 0.4) is 0 Å².